The van der Waals surface area contributed by atoms with Gasteiger partial charge in [-0.15, -0.1) is 0 Å². The number of hydrogen-bond acceptors (Lipinski definition) is 7. The highest BCUT2D eigenvalue weighted by Crippen LogP contribution is 2.31. The summed E-state index contributed by atoms with van der Waals surface area (Å²) in [6, 6.07) is 6.98. The van der Waals surface area contributed by atoms with Crippen LogP contribution < -0.4 is 5.73 Å². The van der Waals surface area contributed by atoms with Crippen LogP contribution in [0.2, 0.25) is 0 Å². The molecule has 9 nitrogen and oxygen atoms in total. The third-order valence-corrected chi connectivity index (χ3v) is 6.52. The first-order valence-corrected chi connectivity index (χ1v) is 11.4. The number of anilines is 1. The molecule has 4 aromatic rings. The number of hydrogen-bond donors (Lipinski definition) is 2. The predicted octanol–water partition coefficient (Wildman–Crippen LogP) is 3.13. The van der Waals surface area contributed by atoms with Crippen LogP contribution in [0.5, 0.6) is 0 Å². The van der Waals surface area contributed by atoms with Gasteiger partial charge < -0.3 is 10.8 Å². The summed E-state index contributed by atoms with van der Waals surface area (Å²) < 4.78 is 40.6. The van der Waals surface area contributed by atoms with Crippen LogP contribution in [0.25, 0.3) is 21.8 Å². The number of carbonyl (C=O) groups excluding carboxylic acids is 1. The Kier molecular flexibility index (Phi) is 6.00. The monoisotopic (exact) mass is 499 g/mol. The van der Waals surface area contributed by atoms with Crippen molar-refractivity contribution < 1.29 is 23.1 Å². The molecule has 1 aliphatic heterocycles. The molecule has 0 unspecified atom stereocenters. The van der Waals surface area contributed by atoms with Crippen LogP contribution in [0.1, 0.15) is 34.5 Å². The molecule has 0 saturated carbocycles. The minimum Gasteiger partial charge on any atom is -0.395 e. The van der Waals surface area contributed by atoms with Crippen LogP contribution in [-0.2, 0) is 19.8 Å². The van der Waals surface area contributed by atoms with Gasteiger partial charge in [0.2, 0.25) is 0 Å². The molecule has 1 aromatic carbocycles. The number of halogens is 3. The number of carbonyl (C=O) groups is 1. The molecular weight excluding hydrogens is 475 g/mol. The number of nitrogen functional groups attached to an aromatic ring is 1. The molecule has 4 heterocycles. The van der Waals surface area contributed by atoms with Crippen molar-refractivity contribution in [2.24, 2.45) is 7.05 Å². The van der Waals surface area contributed by atoms with Crippen LogP contribution in [0.3, 0.4) is 0 Å². The lowest BCUT2D eigenvalue weighted by molar-refractivity contribution is -0.137. The number of fused-ring (bicyclic) bond motifs is 3. The highest BCUT2D eigenvalue weighted by Gasteiger charge is 2.34. The number of amides is 1. The van der Waals surface area contributed by atoms with Crippen LogP contribution in [0.4, 0.5) is 19.0 Å². The quantitative estimate of drug-likeness (QED) is 0.434. The maximum atomic E-state index is 13.8. The number of nitrogens with two attached hydrogens (primary N) is 1. The van der Waals surface area contributed by atoms with Gasteiger partial charge in [-0.3, -0.25) is 19.5 Å². The minimum atomic E-state index is -4.50. The van der Waals surface area contributed by atoms with E-state index in [0.29, 0.717) is 46.3 Å². The number of hydrazine groups is 1. The van der Waals surface area contributed by atoms with Gasteiger partial charge in [0.15, 0.2) is 0 Å². The van der Waals surface area contributed by atoms with E-state index in [0.717, 1.165) is 24.2 Å². The molecule has 188 valence electrons. The molecule has 1 fully saturated rings. The first kappa shape index (κ1) is 23.9. The molecule has 1 saturated heterocycles. The normalized spacial score (nSPS) is 16.8. The third-order valence-electron chi connectivity index (χ3n) is 6.52. The summed E-state index contributed by atoms with van der Waals surface area (Å²) in [7, 11) is 1.77. The van der Waals surface area contributed by atoms with Gasteiger partial charge in [-0.2, -0.15) is 18.3 Å². The second-order valence-electron chi connectivity index (χ2n) is 8.80. The number of aromatic nitrogens is 4. The van der Waals surface area contributed by atoms with Crippen molar-refractivity contribution in [2.75, 3.05) is 18.9 Å². The van der Waals surface area contributed by atoms with E-state index in [1.165, 1.54) is 11.1 Å². The Hall–Kier alpha value is -3.77. The van der Waals surface area contributed by atoms with E-state index in [9.17, 15) is 23.1 Å². The number of benzene rings is 1. The lowest BCUT2D eigenvalue weighted by atomic mass is 10.1. The standard InChI is InChI=1S/C24H24F3N7O2/c1-32-21-18-9-14(4-7-20(18)31-22(28)19(21)11-30-32)23(36)34(33-8-2-3-17(33)13-35)12-16-6-5-15(10-29-16)24(25,26)27/h4-7,9-11,17,35H,2-3,8,12-13H2,1H3,(H2,28,31)/t17-/m1/s1. The Morgan fingerprint density at radius 1 is 1.22 bits per heavy atom. The fourth-order valence-corrected chi connectivity index (χ4v) is 4.68. The number of aliphatic hydroxyl groups is 1. The summed E-state index contributed by atoms with van der Waals surface area (Å²) >= 11 is 0. The van der Waals surface area contributed by atoms with Crippen molar-refractivity contribution in [3.63, 3.8) is 0 Å². The maximum absolute atomic E-state index is 13.8. The number of pyridine rings is 2. The molecule has 36 heavy (non-hydrogen) atoms. The van der Waals surface area contributed by atoms with Gasteiger partial charge in [0.1, 0.15) is 5.82 Å². The number of nitrogens with zero attached hydrogens (tertiary/aromatic N) is 6. The summed E-state index contributed by atoms with van der Waals surface area (Å²) in [5, 5.41) is 18.7. The second kappa shape index (κ2) is 9.03. The molecular formula is C24H24F3N7O2. The van der Waals surface area contributed by atoms with Gasteiger partial charge in [-0.1, -0.05) is 0 Å². The maximum Gasteiger partial charge on any atom is 0.417 e. The topological polar surface area (TPSA) is 113 Å². The molecule has 1 aliphatic rings. The molecule has 3 aromatic heterocycles. The third kappa shape index (κ3) is 4.22. The van der Waals surface area contributed by atoms with Gasteiger partial charge in [-0.05, 0) is 43.2 Å². The van der Waals surface area contributed by atoms with Crippen molar-refractivity contribution in [2.45, 2.75) is 31.6 Å². The van der Waals surface area contributed by atoms with Crippen molar-refractivity contribution in [1.29, 1.82) is 0 Å². The Balaban J connectivity index is 1.54. The number of rotatable bonds is 5. The number of aryl methyl sites for hydroxylation is 1. The number of aliphatic hydroxyl groups excluding tert-OH is 1. The van der Waals surface area contributed by atoms with Crippen LogP contribution in [0.15, 0.2) is 42.7 Å². The van der Waals surface area contributed by atoms with Crippen molar-refractivity contribution in [3.05, 3.63) is 59.5 Å². The van der Waals surface area contributed by atoms with Crippen molar-refractivity contribution >= 4 is 33.5 Å². The molecule has 12 heteroatoms. The fraction of sp³-hybridized carbons (Fsp3) is 0.333. The Labute approximate surface area is 203 Å². The zero-order chi connectivity index (χ0) is 25.6. The molecule has 0 spiro atoms. The Bertz CT molecular complexity index is 1440. The molecule has 0 bridgehead atoms. The average molecular weight is 499 g/mol. The second-order valence-corrected chi connectivity index (χ2v) is 8.80. The molecule has 3 N–H and O–H groups in total. The molecule has 1 atom stereocenters. The van der Waals surface area contributed by atoms with E-state index in [1.54, 1.807) is 41.1 Å². The summed E-state index contributed by atoms with van der Waals surface area (Å²) in [4.78, 5) is 22.2. The van der Waals surface area contributed by atoms with E-state index in [2.05, 4.69) is 15.1 Å². The van der Waals surface area contributed by atoms with Gasteiger partial charge in [0.25, 0.3) is 5.91 Å². The molecule has 0 aliphatic carbocycles. The largest absolute Gasteiger partial charge is 0.417 e. The fourth-order valence-electron chi connectivity index (χ4n) is 4.68. The van der Waals surface area contributed by atoms with Gasteiger partial charge in [0, 0.05) is 30.7 Å². The van der Waals surface area contributed by atoms with Crippen LogP contribution in [0, 0.1) is 0 Å². The SMILES string of the molecule is Cn1ncc2c(N)nc3ccc(C(=O)N(Cc4ccc(C(F)(F)F)cn4)N4CCC[C@@H]4CO)cc3c21. The Morgan fingerprint density at radius 2 is 2.03 bits per heavy atom. The summed E-state index contributed by atoms with van der Waals surface area (Å²) in [5.74, 6) is -0.0337. The number of alkyl halides is 3. The first-order valence-electron chi connectivity index (χ1n) is 11.4. The highest BCUT2D eigenvalue weighted by atomic mass is 19.4. The highest BCUT2D eigenvalue weighted by molar-refractivity contribution is 6.10. The zero-order valence-corrected chi connectivity index (χ0v) is 19.4. The molecule has 0 radical (unpaired) electrons. The minimum absolute atomic E-state index is 0.0490. The lowest BCUT2D eigenvalue weighted by Gasteiger charge is -2.35. The average Bonchev–Trinajstić information content (AvgIpc) is 3.49. The Morgan fingerprint density at radius 3 is 2.72 bits per heavy atom. The zero-order valence-electron chi connectivity index (χ0n) is 19.4. The van der Waals surface area contributed by atoms with Crippen molar-refractivity contribution in [1.82, 2.24) is 29.8 Å². The van der Waals surface area contributed by atoms with Crippen molar-refractivity contribution in [3.8, 4) is 0 Å². The van der Waals surface area contributed by atoms with Crippen LogP contribution >= 0.6 is 0 Å². The molecule has 5 rings (SSSR count). The van der Waals surface area contributed by atoms with Gasteiger partial charge in [0.05, 0.1) is 53.1 Å². The van der Waals surface area contributed by atoms with Gasteiger partial charge in [-0.25, -0.2) is 9.99 Å². The predicted molar refractivity (Wildman–Crippen MR) is 126 cm³/mol. The smallest absolute Gasteiger partial charge is 0.395 e. The van der Waals surface area contributed by atoms with E-state index >= 15 is 0 Å². The lowest BCUT2D eigenvalue weighted by Crippen LogP contribution is -2.49. The summed E-state index contributed by atoms with van der Waals surface area (Å²) in [6.45, 7) is 0.322. The summed E-state index contributed by atoms with van der Waals surface area (Å²) in [5.41, 5.74) is 7.20. The van der Waals surface area contributed by atoms with Crippen LogP contribution in [-0.4, -0.2) is 60.0 Å². The summed E-state index contributed by atoms with van der Waals surface area (Å²) in [6.07, 6.45) is -0.665. The van der Waals surface area contributed by atoms with E-state index in [-0.39, 0.29) is 25.1 Å². The van der Waals surface area contributed by atoms with Gasteiger partial charge >= 0.3 is 6.18 Å². The van der Waals surface area contributed by atoms with E-state index in [1.807, 2.05) is 0 Å². The molecule has 1 amide bonds. The van der Waals surface area contributed by atoms with E-state index in [4.69, 9.17) is 5.73 Å². The van der Waals surface area contributed by atoms with E-state index < -0.39 is 11.7 Å². The first-order chi connectivity index (χ1) is 17.2.